The summed E-state index contributed by atoms with van der Waals surface area (Å²) in [6.07, 6.45) is 4.76. The summed E-state index contributed by atoms with van der Waals surface area (Å²) in [5, 5.41) is 3.50. The largest absolute Gasteiger partial charge is 0.378 e. The van der Waals surface area contributed by atoms with Gasteiger partial charge in [0.2, 0.25) is 0 Å². The molecule has 5 heteroatoms. The van der Waals surface area contributed by atoms with Crippen LogP contribution in [0.3, 0.4) is 0 Å². The lowest BCUT2D eigenvalue weighted by Gasteiger charge is -2.09. The van der Waals surface area contributed by atoms with Gasteiger partial charge in [0, 0.05) is 29.6 Å². The van der Waals surface area contributed by atoms with Crippen molar-refractivity contribution in [1.82, 2.24) is 9.55 Å². The number of hydrogen-bond donors (Lipinski definition) is 1. The fraction of sp³-hybridized carbons (Fsp3) is 0.308. The number of halogens is 2. The van der Waals surface area contributed by atoms with Crippen LogP contribution in [-0.4, -0.2) is 9.55 Å². The molecule has 1 heterocycles. The Hall–Kier alpha value is -1.55. The van der Waals surface area contributed by atoms with E-state index in [1.807, 2.05) is 6.20 Å². The molecule has 0 radical (unpaired) electrons. The van der Waals surface area contributed by atoms with E-state index in [1.165, 1.54) is 12.1 Å². The maximum Gasteiger partial charge on any atom is 0.128 e. The Labute approximate surface area is 111 Å². The smallest absolute Gasteiger partial charge is 0.128 e. The van der Waals surface area contributed by atoms with E-state index >= 15 is 0 Å². The van der Waals surface area contributed by atoms with Crippen LogP contribution in [0.25, 0.3) is 0 Å². The van der Waals surface area contributed by atoms with Gasteiger partial charge in [0.15, 0.2) is 0 Å². The molecule has 0 unspecified atom stereocenters. The number of nitrogens with zero attached hydrogens (tertiary/aromatic N) is 2. The van der Waals surface area contributed by atoms with Crippen LogP contribution in [-0.2, 0) is 13.1 Å². The molecule has 2 aromatic rings. The molecular formula is C13H15ClFN3. The van der Waals surface area contributed by atoms with E-state index < -0.39 is 0 Å². The summed E-state index contributed by atoms with van der Waals surface area (Å²) in [6.45, 7) is 3.59. The highest BCUT2D eigenvalue weighted by molar-refractivity contribution is 6.30. The maximum atomic E-state index is 13.1. The van der Waals surface area contributed by atoms with Gasteiger partial charge in [-0.25, -0.2) is 9.37 Å². The lowest BCUT2D eigenvalue weighted by Crippen LogP contribution is -2.08. The van der Waals surface area contributed by atoms with Crippen molar-refractivity contribution in [3.8, 4) is 0 Å². The van der Waals surface area contributed by atoms with Gasteiger partial charge in [-0.1, -0.05) is 18.5 Å². The first-order valence-electron chi connectivity index (χ1n) is 5.89. The van der Waals surface area contributed by atoms with Crippen LogP contribution in [0.4, 0.5) is 10.1 Å². The molecule has 0 amide bonds. The molecule has 0 saturated heterocycles. The van der Waals surface area contributed by atoms with Crippen molar-refractivity contribution in [2.45, 2.75) is 26.4 Å². The van der Waals surface area contributed by atoms with Gasteiger partial charge < -0.3 is 9.88 Å². The first-order valence-corrected chi connectivity index (χ1v) is 6.27. The molecule has 1 N–H and O–H groups in total. The number of benzene rings is 1. The van der Waals surface area contributed by atoms with Gasteiger partial charge in [-0.05, 0) is 24.6 Å². The third-order valence-corrected chi connectivity index (χ3v) is 2.80. The number of nitrogens with one attached hydrogen (secondary N) is 1. The molecule has 3 nitrogen and oxygen atoms in total. The first-order chi connectivity index (χ1) is 8.69. The summed E-state index contributed by atoms with van der Waals surface area (Å²) in [5.74, 6) is 0.583. The van der Waals surface area contributed by atoms with E-state index in [-0.39, 0.29) is 5.82 Å². The zero-order valence-electron chi connectivity index (χ0n) is 10.2. The molecule has 18 heavy (non-hydrogen) atoms. The maximum absolute atomic E-state index is 13.1. The first kappa shape index (κ1) is 12.9. The van der Waals surface area contributed by atoms with Crippen molar-refractivity contribution in [1.29, 1.82) is 0 Å². The van der Waals surface area contributed by atoms with E-state index in [2.05, 4.69) is 21.8 Å². The van der Waals surface area contributed by atoms with Gasteiger partial charge in [-0.15, -0.1) is 0 Å². The predicted molar refractivity (Wildman–Crippen MR) is 71.3 cm³/mol. The van der Waals surface area contributed by atoms with Gasteiger partial charge >= 0.3 is 0 Å². The molecule has 0 bridgehead atoms. The Morgan fingerprint density at radius 2 is 2.22 bits per heavy atom. The molecule has 0 aliphatic rings. The fourth-order valence-corrected chi connectivity index (χ4v) is 2.01. The highest BCUT2D eigenvalue weighted by Crippen LogP contribution is 2.18. The molecule has 1 aromatic carbocycles. The van der Waals surface area contributed by atoms with Crippen molar-refractivity contribution in [3.63, 3.8) is 0 Å². The van der Waals surface area contributed by atoms with E-state index in [0.717, 1.165) is 18.8 Å². The Balaban J connectivity index is 2.04. The standard InChI is InChI=1S/C13H15ClFN3/c1-2-4-18-5-3-16-13(18)9-17-12-7-10(14)6-11(15)8-12/h3,5-8,17H,2,4,9H2,1H3. The number of aryl methyl sites for hydroxylation is 1. The van der Waals surface area contributed by atoms with Crippen LogP contribution in [0.1, 0.15) is 19.2 Å². The number of hydrogen-bond acceptors (Lipinski definition) is 2. The zero-order valence-corrected chi connectivity index (χ0v) is 10.9. The van der Waals surface area contributed by atoms with E-state index in [9.17, 15) is 4.39 Å². The summed E-state index contributed by atoms with van der Waals surface area (Å²) in [5.41, 5.74) is 0.658. The molecule has 1 aromatic heterocycles. The van der Waals surface area contributed by atoms with E-state index in [1.54, 1.807) is 12.3 Å². The molecule has 0 atom stereocenters. The number of aromatic nitrogens is 2. The fourth-order valence-electron chi connectivity index (χ4n) is 1.79. The third-order valence-electron chi connectivity index (χ3n) is 2.58. The van der Waals surface area contributed by atoms with Gasteiger partial charge in [-0.3, -0.25) is 0 Å². The van der Waals surface area contributed by atoms with Crippen molar-refractivity contribution in [3.05, 3.63) is 47.3 Å². The minimum absolute atomic E-state index is 0.345. The van der Waals surface area contributed by atoms with Crippen LogP contribution in [0.15, 0.2) is 30.6 Å². The Bertz CT molecular complexity index is 504. The Morgan fingerprint density at radius 3 is 2.94 bits per heavy atom. The Kier molecular flexibility index (Phi) is 4.20. The lowest BCUT2D eigenvalue weighted by molar-refractivity contribution is 0.627. The second-order valence-corrected chi connectivity index (χ2v) is 4.48. The summed E-state index contributed by atoms with van der Waals surface area (Å²) in [6, 6.07) is 4.39. The topological polar surface area (TPSA) is 29.9 Å². The average Bonchev–Trinajstić information content (AvgIpc) is 2.73. The van der Waals surface area contributed by atoms with Crippen LogP contribution in [0.5, 0.6) is 0 Å². The average molecular weight is 268 g/mol. The number of imidazole rings is 1. The van der Waals surface area contributed by atoms with Crippen molar-refractivity contribution < 1.29 is 4.39 Å². The molecule has 0 aliphatic carbocycles. The highest BCUT2D eigenvalue weighted by Gasteiger charge is 2.03. The van der Waals surface area contributed by atoms with Crippen LogP contribution in [0, 0.1) is 5.82 Å². The SMILES string of the molecule is CCCn1ccnc1CNc1cc(F)cc(Cl)c1. The second kappa shape index (κ2) is 5.87. The molecule has 0 spiro atoms. The van der Waals surface area contributed by atoms with Gasteiger partial charge in [-0.2, -0.15) is 0 Å². The molecular weight excluding hydrogens is 253 g/mol. The van der Waals surface area contributed by atoms with Crippen LogP contribution < -0.4 is 5.32 Å². The zero-order chi connectivity index (χ0) is 13.0. The van der Waals surface area contributed by atoms with E-state index in [4.69, 9.17) is 11.6 Å². The monoisotopic (exact) mass is 267 g/mol. The van der Waals surface area contributed by atoms with Crippen LogP contribution >= 0.6 is 11.6 Å². The second-order valence-electron chi connectivity index (χ2n) is 4.05. The van der Waals surface area contributed by atoms with Crippen molar-refractivity contribution in [2.75, 3.05) is 5.32 Å². The molecule has 0 aliphatic heterocycles. The quantitative estimate of drug-likeness (QED) is 0.895. The number of rotatable bonds is 5. The lowest BCUT2D eigenvalue weighted by atomic mass is 10.3. The molecule has 0 fully saturated rings. The Morgan fingerprint density at radius 1 is 1.39 bits per heavy atom. The number of anilines is 1. The predicted octanol–water partition coefficient (Wildman–Crippen LogP) is 3.70. The molecule has 0 saturated carbocycles. The van der Waals surface area contributed by atoms with Gasteiger partial charge in [0.05, 0.1) is 6.54 Å². The molecule has 2 rings (SSSR count). The summed E-state index contributed by atoms with van der Waals surface area (Å²) >= 11 is 5.79. The third kappa shape index (κ3) is 3.23. The van der Waals surface area contributed by atoms with Gasteiger partial charge in [0.25, 0.3) is 0 Å². The minimum atomic E-state index is -0.345. The minimum Gasteiger partial charge on any atom is -0.378 e. The summed E-state index contributed by atoms with van der Waals surface area (Å²) in [7, 11) is 0. The van der Waals surface area contributed by atoms with E-state index in [0.29, 0.717) is 17.3 Å². The van der Waals surface area contributed by atoms with Crippen molar-refractivity contribution in [2.24, 2.45) is 0 Å². The summed E-state index contributed by atoms with van der Waals surface area (Å²) < 4.78 is 15.2. The van der Waals surface area contributed by atoms with Crippen LogP contribution in [0.2, 0.25) is 5.02 Å². The van der Waals surface area contributed by atoms with Crippen molar-refractivity contribution >= 4 is 17.3 Å². The molecule has 96 valence electrons. The normalized spacial score (nSPS) is 10.6. The van der Waals surface area contributed by atoms with Gasteiger partial charge in [0.1, 0.15) is 11.6 Å². The highest BCUT2D eigenvalue weighted by atomic mass is 35.5. The summed E-state index contributed by atoms with van der Waals surface area (Å²) in [4.78, 5) is 4.27.